The van der Waals surface area contributed by atoms with E-state index in [2.05, 4.69) is 9.82 Å². The van der Waals surface area contributed by atoms with Crippen LogP contribution in [0, 0.1) is 0 Å². The second kappa shape index (κ2) is 7.42. The van der Waals surface area contributed by atoms with Crippen LogP contribution >= 0.6 is 0 Å². The fourth-order valence-electron chi connectivity index (χ4n) is 2.49. The average Bonchev–Trinajstić information content (AvgIpc) is 3.08. The van der Waals surface area contributed by atoms with Crippen molar-refractivity contribution < 1.29 is 8.42 Å². The van der Waals surface area contributed by atoms with E-state index < -0.39 is 10.0 Å². The molecular formula is C18H19N3O2S. The fourth-order valence-corrected chi connectivity index (χ4v) is 3.59. The summed E-state index contributed by atoms with van der Waals surface area (Å²) in [5, 5.41) is 4.20. The van der Waals surface area contributed by atoms with E-state index in [1.807, 2.05) is 71.5 Å². The van der Waals surface area contributed by atoms with Gasteiger partial charge in [-0.3, -0.25) is 4.68 Å². The van der Waals surface area contributed by atoms with Crippen molar-refractivity contribution in [1.29, 1.82) is 0 Å². The van der Waals surface area contributed by atoms with E-state index in [0.29, 0.717) is 6.54 Å². The third kappa shape index (κ3) is 4.53. The first-order valence-electron chi connectivity index (χ1n) is 7.68. The van der Waals surface area contributed by atoms with Crippen LogP contribution in [0.15, 0.2) is 73.1 Å². The predicted octanol–water partition coefficient (Wildman–Crippen LogP) is 2.55. The minimum atomic E-state index is -3.38. The largest absolute Gasteiger partial charge is 0.268 e. The van der Waals surface area contributed by atoms with Gasteiger partial charge >= 0.3 is 0 Å². The van der Waals surface area contributed by atoms with Gasteiger partial charge in [0.1, 0.15) is 0 Å². The van der Waals surface area contributed by atoms with Gasteiger partial charge in [-0.2, -0.15) is 5.10 Å². The Balaban J connectivity index is 1.68. The highest BCUT2D eigenvalue weighted by Crippen LogP contribution is 2.12. The van der Waals surface area contributed by atoms with Gasteiger partial charge in [0.15, 0.2) is 0 Å². The van der Waals surface area contributed by atoms with Gasteiger partial charge in [0.2, 0.25) is 10.0 Å². The Hall–Kier alpha value is -2.44. The zero-order valence-corrected chi connectivity index (χ0v) is 14.0. The number of nitrogens with zero attached hydrogens (tertiary/aromatic N) is 2. The lowest BCUT2D eigenvalue weighted by Gasteiger charge is -2.11. The number of hydrogen-bond acceptors (Lipinski definition) is 3. The Kier molecular flexibility index (Phi) is 5.08. The molecule has 0 saturated heterocycles. The van der Waals surface area contributed by atoms with Crippen molar-refractivity contribution in [1.82, 2.24) is 14.5 Å². The molecule has 2 aromatic carbocycles. The average molecular weight is 341 g/mol. The maximum Gasteiger partial charge on any atom is 0.216 e. The Morgan fingerprint density at radius 3 is 2.33 bits per heavy atom. The maximum atomic E-state index is 12.3. The molecule has 1 heterocycles. The SMILES string of the molecule is O=S(=O)(Cc1ccccc1)NCc1ccccc1Cn1cccn1. The van der Waals surface area contributed by atoms with E-state index in [9.17, 15) is 8.42 Å². The van der Waals surface area contributed by atoms with E-state index in [4.69, 9.17) is 0 Å². The van der Waals surface area contributed by atoms with E-state index in [0.717, 1.165) is 16.7 Å². The molecule has 0 fully saturated rings. The lowest BCUT2D eigenvalue weighted by molar-refractivity contribution is 0.579. The molecule has 6 heteroatoms. The van der Waals surface area contributed by atoms with Crippen LogP contribution in [0.2, 0.25) is 0 Å². The van der Waals surface area contributed by atoms with Crippen LogP contribution in [0.3, 0.4) is 0 Å². The molecule has 0 spiro atoms. The normalized spacial score (nSPS) is 11.5. The predicted molar refractivity (Wildman–Crippen MR) is 93.7 cm³/mol. The molecule has 3 aromatic rings. The van der Waals surface area contributed by atoms with E-state index in [-0.39, 0.29) is 12.3 Å². The van der Waals surface area contributed by atoms with E-state index >= 15 is 0 Å². The fraction of sp³-hybridized carbons (Fsp3) is 0.167. The Bertz CT molecular complexity index is 876. The van der Waals surface area contributed by atoms with Crippen molar-refractivity contribution >= 4 is 10.0 Å². The summed E-state index contributed by atoms with van der Waals surface area (Å²) in [4.78, 5) is 0. The highest BCUT2D eigenvalue weighted by molar-refractivity contribution is 7.88. The van der Waals surface area contributed by atoms with Crippen LogP contribution in [-0.2, 0) is 28.9 Å². The molecule has 0 aliphatic rings. The molecule has 0 atom stereocenters. The van der Waals surface area contributed by atoms with E-state index in [1.165, 1.54) is 0 Å². The maximum absolute atomic E-state index is 12.3. The van der Waals surface area contributed by atoms with Crippen LogP contribution in [0.4, 0.5) is 0 Å². The van der Waals surface area contributed by atoms with Gasteiger partial charge in [-0.1, -0.05) is 54.6 Å². The number of benzene rings is 2. The highest BCUT2D eigenvalue weighted by Gasteiger charge is 2.12. The van der Waals surface area contributed by atoms with Gasteiger partial charge in [0.05, 0.1) is 12.3 Å². The molecule has 24 heavy (non-hydrogen) atoms. The molecule has 1 aromatic heterocycles. The molecule has 0 aliphatic carbocycles. The van der Waals surface area contributed by atoms with Crippen molar-refractivity contribution in [3.63, 3.8) is 0 Å². The summed E-state index contributed by atoms with van der Waals surface area (Å²) in [5.74, 6) is -0.0187. The van der Waals surface area contributed by atoms with Crippen LogP contribution in [0.1, 0.15) is 16.7 Å². The lowest BCUT2D eigenvalue weighted by Crippen LogP contribution is -2.25. The zero-order valence-electron chi connectivity index (χ0n) is 13.2. The summed E-state index contributed by atoms with van der Waals surface area (Å²) in [6, 6.07) is 18.8. The Morgan fingerprint density at radius 1 is 0.917 bits per heavy atom. The molecule has 0 bridgehead atoms. The van der Waals surface area contributed by atoms with Crippen LogP contribution in [0.5, 0.6) is 0 Å². The second-order valence-corrected chi connectivity index (χ2v) is 7.34. The van der Waals surface area contributed by atoms with Crippen molar-refractivity contribution in [3.8, 4) is 0 Å². The highest BCUT2D eigenvalue weighted by atomic mass is 32.2. The molecule has 3 rings (SSSR count). The number of rotatable bonds is 7. The molecule has 0 saturated carbocycles. The number of sulfonamides is 1. The van der Waals surface area contributed by atoms with Gasteiger partial charge in [0.25, 0.3) is 0 Å². The molecular weight excluding hydrogens is 322 g/mol. The molecule has 124 valence electrons. The molecule has 0 aliphatic heterocycles. The van der Waals surface area contributed by atoms with Gasteiger partial charge in [-0.05, 0) is 22.8 Å². The first-order valence-corrected chi connectivity index (χ1v) is 9.33. The monoisotopic (exact) mass is 341 g/mol. The van der Waals surface area contributed by atoms with Crippen molar-refractivity contribution in [2.45, 2.75) is 18.8 Å². The first-order chi connectivity index (χ1) is 11.6. The molecule has 0 amide bonds. The second-order valence-electron chi connectivity index (χ2n) is 5.54. The molecule has 5 nitrogen and oxygen atoms in total. The lowest BCUT2D eigenvalue weighted by atomic mass is 10.1. The number of nitrogens with one attached hydrogen (secondary N) is 1. The van der Waals surface area contributed by atoms with Gasteiger partial charge in [-0.25, -0.2) is 13.1 Å². The molecule has 0 unspecified atom stereocenters. The van der Waals surface area contributed by atoms with Crippen LogP contribution in [0.25, 0.3) is 0 Å². The minimum absolute atomic E-state index is 0.0187. The topological polar surface area (TPSA) is 64.0 Å². The van der Waals surface area contributed by atoms with Crippen LogP contribution < -0.4 is 4.72 Å². The zero-order chi connectivity index (χ0) is 16.8. The first kappa shape index (κ1) is 16.4. The summed E-state index contributed by atoms with van der Waals surface area (Å²) in [6.45, 7) is 0.885. The third-order valence-electron chi connectivity index (χ3n) is 3.69. The van der Waals surface area contributed by atoms with E-state index in [1.54, 1.807) is 6.20 Å². The van der Waals surface area contributed by atoms with Crippen molar-refractivity contribution in [2.75, 3.05) is 0 Å². The summed E-state index contributed by atoms with van der Waals surface area (Å²) >= 11 is 0. The summed E-state index contributed by atoms with van der Waals surface area (Å²) in [7, 11) is -3.38. The summed E-state index contributed by atoms with van der Waals surface area (Å²) in [5.41, 5.74) is 2.77. The number of hydrogen-bond donors (Lipinski definition) is 1. The smallest absolute Gasteiger partial charge is 0.216 e. The molecule has 0 radical (unpaired) electrons. The van der Waals surface area contributed by atoms with Crippen LogP contribution in [-0.4, -0.2) is 18.2 Å². The summed E-state index contributed by atoms with van der Waals surface area (Å²) < 4.78 is 29.0. The van der Waals surface area contributed by atoms with Crippen molar-refractivity contribution in [2.24, 2.45) is 0 Å². The third-order valence-corrected chi connectivity index (χ3v) is 4.99. The Morgan fingerprint density at radius 2 is 1.62 bits per heavy atom. The Labute approximate surface area is 142 Å². The van der Waals surface area contributed by atoms with Gasteiger partial charge in [-0.15, -0.1) is 0 Å². The number of aromatic nitrogens is 2. The van der Waals surface area contributed by atoms with Gasteiger partial charge < -0.3 is 0 Å². The standard InChI is InChI=1S/C18H19N3O2S/c22-24(23,15-16-7-2-1-3-8-16)20-13-17-9-4-5-10-18(17)14-21-12-6-11-19-21/h1-12,20H,13-15H2. The van der Waals surface area contributed by atoms with Crippen molar-refractivity contribution in [3.05, 3.63) is 89.7 Å². The molecule has 1 N–H and O–H groups in total. The van der Waals surface area contributed by atoms with Gasteiger partial charge in [0, 0.05) is 18.9 Å². The summed E-state index contributed by atoms with van der Waals surface area (Å²) in [6.07, 6.45) is 3.61. The minimum Gasteiger partial charge on any atom is -0.268 e. The quantitative estimate of drug-likeness (QED) is 0.718.